The molecule has 172 valence electrons. The molecule has 0 saturated heterocycles. The minimum Gasteiger partial charge on any atom is -0.494 e. The fourth-order valence-electron chi connectivity index (χ4n) is 2.83. The number of carbonyl (C=O) groups excluding carboxylic acids is 1. The van der Waals surface area contributed by atoms with Gasteiger partial charge in [0, 0.05) is 19.1 Å². The Kier molecular flexibility index (Phi) is 7.68. The van der Waals surface area contributed by atoms with Crippen LogP contribution in [0.3, 0.4) is 0 Å². The summed E-state index contributed by atoms with van der Waals surface area (Å²) in [5, 5.41) is 14.0. The number of aryl methyl sites for hydroxylation is 1. The number of nitrogens with one attached hydrogen (secondary N) is 1. The van der Waals surface area contributed by atoms with E-state index >= 15 is 0 Å². The second-order valence-corrected chi connectivity index (χ2v) is 8.93. The Hall–Kier alpha value is -3.01. The van der Waals surface area contributed by atoms with E-state index in [0.29, 0.717) is 16.4 Å². The zero-order valence-electron chi connectivity index (χ0n) is 17.9. The topological polar surface area (TPSA) is 106 Å². The van der Waals surface area contributed by atoms with Crippen molar-refractivity contribution < 1.29 is 9.90 Å². The predicted molar refractivity (Wildman–Crippen MR) is 134 cm³/mol. The van der Waals surface area contributed by atoms with Crippen LogP contribution in [0.25, 0.3) is 0 Å². The maximum atomic E-state index is 12.8. The van der Waals surface area contributed by atoms with Crippen LogP contribution in [0.2, 0.25) is 10.0 Å². The fourth-order valence-corrected chi connectivity index (χ4v) is 4.12. The van der Waals surface area contributed by atoms with Crippen LogP contribution in [0.4, 0.5) is 11.4 Å². The molecule has 1 amide bonds. The SMILES string of the molecule is Cc1ccc(N=C(SCC(=O)Nc2ccc(Cl)cc2Cl)c2c(O)n(C)c(=O)n(C)c2=O)cc1. The third kappa shape index (κ3) is 5.68. The van der Waals surface area contributed by atoms with Gasteiger partial charge in [-0.2, -0.15) is 0 Å². The highest BCUT2D eigenvalue weighted by Gasteiger charge is 2.22. The lowest BCUT2D eigenvalue weighted by Crippen LogP contribution is -2.39. The van der Waals surface area contributed by atoms with Crippen molar-refractivity contribution in [3.63, 3.8) is 0 Å². The summed E-state index contributed by atoms with van der Waals surface area (Å²) < 4.78 is 1.81. The third-order valence-electron chi connectivity index (χ3n) is 4.66. The molecule has 3 rings (SSSR count). The summed E-state index contributed by atoms with van der Waals surface area (Å²) in [7, 11) is 2.64. The Labute approximate surface area is 203 Å². The van der Waals surface area contributed by atoms with Gasteiger partial charge in [-0.25, -0.2) is 9.79 Å². The number of aliphatic imine (C=N–C) groups is 1. The molecule has 33 heavy (non-hydrogen) atoms. The first-order chi connectivity index (χ1) is 15.6. The Balaban J connectivity index is 1.97. The van der Waals surface area contributed by atoms with E-state index < -0.39 is 23.0 Å². The molecule has 0 aliphatic heterocycles. The molecule has 3 aromatic rings. The zero-order valence-corrected chi connectivity index (χ0v) is 20.3. The van der Waals surface area contributed by atoms with Gasteiger partial charge in [0.1, 0.15) is 10.6 Å². The summed E-state index contributed by atoms with van der Waals surface area (Å²) in [6, 6.07) is 11.8. The molecular formula is C22H20Cl2N4O4S. The Bertz CT molecular complexity index is 1360. The van der Waals surface area contributed by atoms with E-state index in [0.717, 1.165) is 26.5 Å². The number of aromatic nitrogens is 2. The Morgan fingerprint density at radius 3 is 2.39 bits per heavy atom. The normalized spacial score (nSPS) is 11.5. The van der Waals surface area contributed by atoms with Crippen LogP contribution in [0.15, 0.2) is 57.0 Å². The molecule has 11 heteroatoms. The van der Waals surface area contributed by atoms with Crippen LogP contribution in [0.1, 0.15) is 11.1 Å². The molecule has 0 bridgehead atoms. The number of benzene rings is 2. The van der Waals surface area contributed by atoms with Gasteiger partial charge >= 0.3 is 5.69 Å². The Morgan fingerprint density at radius 1 is 1.09 bits per heavy atom. The van der Waals surface area contributed by atoms with E-state index in [4.69, 9.17) is 23.2 Å². The minimum absolute atomic E-state index is 0.0879. The van der Waals surface area contributed by atoms with E-state index in [1.807, 2.05) is 19.1 Å². The number of amides is 1. The van der Waals surface area contributed by atoms with Gasteiger partial charge in [0.05, 0.1) is 22.2 Å². The number of hydrogen-bond acceptors (Lipinski definition) is 6. The maximum absolute atomic E-state index is 12.8. The van der Waals surface area contributed by atoms with Crippen molar-refractivity contribution in [1.29, 1.82) is 0 Å². The largest absolute Gasteiger partial charge is 0.494 e. The van der Waals surface area contributed by atoms with Crippen LogP contribution >= 0.6 is 35.0 Å². The van der Waals surface area contributed by atoms with Gasteiger partial charge in [-0.3, -0.25) is 18.7 Å². The van der Waals surface area contributed by atoms with Gasteiger partial charge in [-0.05, 0) is 37.3 Å². The van der Waals surface area contributed by atoms with Crippen molar-refractivity contribution in [2.45, 2.75) is 6.92 Å². The zero-order chi connectivity index (χ0) is 24.3. The molecule has 8 nitrogen and oxygen atoms in total. The van der Waals surface area contributed by atoms with Crippen molar-refractivity contribution >= 4 is 57.3 Å². The molecule has 0 spiro atoms. The van der Waals surface area contributed by atoms with E-state index in [9.17, 15) is 19.5 Å². The van der Waals surface area contributed by atoms with Crippen LogP contribution in [0.5, 0.6) is 5.88 Å². The van der Waals surface area contributed by atoms with Gasteiger partial charge in [-0.1, -0.05) is 52.7 Å². The maximum Gasteiger partial charge on any atom is 0.333 e. The third-order valence-corrected chi connectivity index (χ3v) is 6.18. The molecule has 1 heterocycles. The standard InChI is InChI=1S/C22H20Cl2N4O4S/c1-12-4-7-14(8-5-12)25-19(18-20(30)27(2)22(32)28(3)21(18)31)33-11-17(29)26-16-9-6-13(23)10-15(16)24/h4-10,30H,11H2,1-3H3,(H,26,29). The molecule has 2 aromatic carbocycles. The van der Waals surface area contributed by atoms with Gasteiger partial charge in [0.15, 0.2) is 0 Å². The summed E-state index contributed by atoms with van der Waals surface area (Å²) in [5.41, 5.74) is 0.320. The highest BCUT2D eigenvalue weighted by atomic mass is 35.5. The summed E-state index contributed by atoms with van der Waals surface area (Å²) in [6.45, 7) is 1.92. The smallest absolute Gasteiger partial charge is 0.333 e. The first kappa shape index (κ1) is 24.6. The quantitative estimate of drug-likeness (QED) is 0.403. The number of nitrogens with zero attached hydrogens (tertiary/aromatic N) is 3. The van der Waals surface area contributed by atoms with E-state index in [2.05, 4.69) is 10.3 Å². The van der Waals surface area contributed by atoms with Crippen molar-refractivity contribution in [2.75, 3.05) is 11.1 Å². The molecule has 0 atom stereocenters. The summed E-state index contributed by atoms with van der Waals surface area (Å²) in [4.78, 5) is 42.0. The van der Waals surface area contributed by atoms with Crippen LogP contribution in [-0.4, -0.2) is 30.9 Å². The van der Waals surface area contributed by atoms with Crippen LogP contribution in [-0.2, 0) is 18.9 Å². The van der Waals surface area contributed by atoms with Gasteiger partial charge in [0.25, 0.3) is 5.56 Å². The van der Waals surface area contributed by atoms with Crippen molar-refractivity contribution in [3.8, 4) is 5.88 Å². The van der Waals surface area contributed by atoms with Gasteiger partial charge in [-0.15, -0.1) is 0 Å². The fraction of sp³-hybridized carbons (Fsp3) is 0.182. The van der Waals surface area contributed by atoms with Crippen molar-refractivity contribution in [1.82, 2.24) is 9.13 Å². The number of anilines is 1. The Morgan fingerprint density at radius 2 is 1.76 bits per heavy atom. The lowest BCUT2D eigenvalue weighted by atomic mass is 10.2. The van der Waals surface area contributed by atoms with Crippen LogP contribution in [0, 0.1) is 6.92 Å². The second-order valence-electron chi connectivity index (χ2n) is 7.12. The number of halogens is 2. The number of carbonyl (C=O) groups is 1. The summed E-state index contributed by atoms with van der Waals surface area (Å²) in [5.74, 6) is -1.10. The molecule has 2 N–H and O–H groups in total. The number of aromatic hydroxyl groups is 1. The number of thioether (sulfide) groups is 1. The molecule has 0 aliphatic carbocycles. The molecular weight excluding hydrogens is 487 g/mol. The average Bonchev–Trinajstić information content (AvgIpc) is 2.78. The first-order valence-corrected chi connectivity index (χ1v) is 11.3. The van der Waals surface area contributed by atoms with Crippen molar-refractivity contribution in [2.24, 2.45) is 19.1 Å². The molecule has 0 saturated carbocycles. The van der Waals surface area contributed by atoms with Crippen LogP contribution < -0.4 is 16.6 Å². The first-order valence-electron chi connectivity index (χ1n) is 9.61. The lowest BCUT2D eigenvalue weighted by molar-refractivity contribution is -0.113. The van der Waals surface area contributed by atoms with Gasteiger partial charge in [0.2, 0.25) is 11.8 Å². The van der Waals surface area contributed by atoms with E-state index in [1.165, 1.54) is 20.2 Å². The van der Waals surface area contributed by atoms with Crippen molar-refractivity contribution in [3.05, 3.63) is 84.5 Å². The summed E-state index contributed by atoms with van der Waals surface area (Å²) in [6.07, 6.45) is 0. The average molecular weight is 507 g/mol. The minimum atomic E-state index is -0.727. The molecule has 0 aliphatic rings. The van der Waals surface area contributed by atoms with E-state index in [-0.39, 0.29) is 21.4 Å². The molecule has 0 fully saturated rings. The number of hydrogen-bond donors (Lipinski definition) is 2. The number of rotatable bonds is 5. The van der Waals surface area contributed by atoms with Gasteiger partial charge < -0.3 is 10.4 Å². The molecule has 0 radical (unpaired) electrons. The monoisotopic (exact) mass is 506 g/mol. The molecule has 0 unspecified atom stereocenters. The predicted octanol–water partition coefficient (Wildman–Crippen LogP) is 3.86. The highest BCUT2D eigenvalue weighted by Crippen LogP contribution is 2.27. The second kappa shape index (κ2) is 10.3. The summed E-state index contributed by atoms with van der Waals surface area (Å²) >= 11 is 12.9. The lowest BCUT2D eigenvalue weighted by Gasteiger charge is -2.13. The molecule has 1 aromatic heterocycles. The highest BCUT2D eigenvalue weighted by molar-refractivity contribution is 8.15. The van der Waals surface area contributed by atoms with E-state index in [1.54, 1.807) is 24.3 Å².